The normalized spacial score (nSPS) is 14.7. The molecule has 0 spiro atoms. The quantitative estimate of drug-likeness (QED) is 0.163. The van der Waals surface area contributed by atoms with Crippen molar-refractivity contribution in [1.29, 1.82) is 0 Å². The molecule has 0 radical (unpaired) electrons. The lowest BCUT2D eigenvalue weighted by Gasteiger charge is -2.24. The van der Waals surface area contributed by atoms with Crippen LogP contribution in [0.15, 0.2) is 170 Å². The van der Waals surface area contributed by atoms with Gasteiger partial charge in [-0.3, -0.25) is 9.97 Å². The van der Waals surface area contributed by atoms with Crippen molar-refractivity contribution in [3.05, 3.63) is 192 Å². The lowest BCUT2D eigenvalue weighted by molar-refractivity contribution is 0.663. The first-order valence-electron chi connectivity index (χ1n) is 21.7. The van der Waals surface area contributed by atoms with E-state index in [1.54, 1.807) is 0 Å². The third-order valence-corrected chi connectivity index (χ3v) is 14.7. The first-order chi connectivity index (χ1) is 30.3. The Labute approximate surface area is 358 Å². The van der Waals surface area contributed by atoms with Gasteiger partial charge in [-0.25, -0.2) is 0 Å². The Balaban J connectivity index is 1.03. The molecular weight excluding hydrogens is 753 g/mol. The van der Waals surface area contributed by atoms with Crippen molar-refractivity contribution in [3.63, 3.8) is 0 Å². The molecule has 292 valence electrons. The predicted octanol–water partition coefficient (Wildman–Crippen LogP) is 14.7. The van der Waals surface area contributed by atoms with Crippen LogP contribution in [0.25, 0.3) is 110 Å². The van der Waals surface area contributed by atoms with E-state index in [2.05, 4.69) is 195 Å². The number of nitrogens with zero attached hydrogens (tertiary/aromatic N) is 4. The van der Waals surface area contributed by atoms with Crippen LogP contribution in [-0.4, -0.2) is 19.1 Å². The van der Waals surface area contributed by atoms with Crippen molar-refractivity contribution in [1.82, 2.24) is 19.1 Å². The Morgan fingerprint density at radius 1 is 0.355 bits per heavy atom. The van der Waals surface area contributed by atoms with Gasteiger partial charge in [-0.15, -0.1) is 0 Å². The minimum Gasteiger partial charge on any atom is -0.309 e. The zero-order valence-electron chi connectivity index (χ0n) is 35.0. The van der Waals surface area contributed by atoms with Gasteiger partial charge >= 0.3 is 0 Å². The Morgan fingerprint density at radius 3 is 1.23 bits per heavy atom. The summed E-state index contributed by atoms with van der Waals surface area (Å²) in [4.78, 5) is 10.2. The van der Waals surface area contributed by atoms with Gasteiger partial charge in [0.25, 0.3) is 0 Å². The Kier molecular flexibility index (Phi) is 6.41. The number of hydrogen-bond donors (Lipinski definition) is 0. The van der Waals surface area contributed by atoms with Crippen LogP contribution in [0.2, 0.25) is 0 Å². The second-order valence-electron chi connectivity index (χ2n) is 18.5. The van der Waals surface area contributed by atoms with Gasteiger partial charge in [0, 0.05) is 66.9 Å². The summed E-state index contributed by atoms with van der Waals surface area (Å²) in [6, 6.07) is 58.9. The summed E-state index contributed by atoms with van der Waals surface area (Å²) in [7, 11) is 0. The first kappa shape index (κ1) is 34.2. The molecule has 62 heavy (non-hydrogen) atoms. The van der Waals surface area contributed by atoms with Crippen LogP contribution < -0.4 is 0 Å². The molecular formula is C58H40N4. The summed E-state index contributed by atoms with van der Waals surface area (Å²) in [5.41, 5.74) is 19.5. The molecule has 0 saturated carbocycles. The highest BCUT2D eigenvalue weighted by Gasteiger charge is 2.40. The molecule has 12 aromatic rings. The third-order valence-electron chi connectivity index (χ3n) is 14.7. The van der Waals surface area contributed by atoms with Crippen molar-refractivity contribution < 1.29 is 0 Å². The highest BCUT2D eigenvalue weighted by Crippen LogP contribution is 2.55. The zero-order valence-corrected chi connectivity index (χ0v) is 35.0. The average Bonchev–Trinajstić information content (AvgIpc) is 3.97. The molecule has 4 heteroatoms. The summed E-state index contributed by atoms with van der Waals surface area (Å²) < 4.78 is 5.01. The van der Waals surface area contributed by atoms with Crippen molar-refractivity contribution in [2.45, 2.75) is 38.5 Å². The van der Waals surface area contributed by atoms with Gasteiger partial charge in [-0.1, -0.05) is 149 Å². The molecule has 3 heterocycles. The molecule has 0 bridgehead atoms. The molecule has 2 aliphatic carbocycles. The number of hydrogen-bond acceptors (Lipinski definition) is 2. The van der Waals surface area contributed by atoms with E-state index in [9.17, 15) is 0 Å². The van der Waals surface area contributed by atoms with Crippen LogP contribution in [0.3, 0.4) is 0 Å². The summed E-state index contributed by atoms with van der Waals surface area (Å²) in [5.74, 6) is 0. The molecule has 0 unspecified atom stereocenters. The number of benzene rings is 9. The maximum absolute atomic E-state index is 5.12. The lowest BCUT2D eigenvalue weighted by atomic mass is 9.81. The number of fused-ring (bicyclic) bond motifs is 20. The third kappa shape index (κ3) is 4.12. The largest absolute Gasteiger partial charge is 0.309 e. The molecule has 0 amide bonds. The molecule has 4 nitrogen and oxygen atoms in total. The first-order valence-corrected chi connectivity index (χ1v) is 21.7. The monoisotopic (exact) mass is 792 g/mol. The van der Waals surface area contributed by atoms with E-state index < -0.39 is 0 Å². The Hall–Kier alpha value is -7.56. The maximum Gasteiger partial charge on any atom is 0.0972 e. The topological polar surface area (TPSA) is 35.6 Å². The summed E-state index contributed by atoms with van der Waals surface area (Å²) in [6.07, 6.45) is 3.68. The van der Waals surface area contributed by atoms with E-state index in [1.807, 2.05) is 12.4 Å². The highest BCUT2D eigenvalue weighted by atomic mass is 15.0. The average molecular weight is 793 g/mol. The van der Waals surface area contributed by atoms with E-state index in [4.69, 9.17) is 9.97 Å². The summed E-state index contributed by atoms with van der Waals surface area (Å²) in [5, 5.41) is 9.61. The fraction of sp³-hybridized carbons (Fsp3) is 0.103. The van der Waals surface area contributed by atoms with Gasteiger partial charge < -0.3 is 9.13 Å². The number of para-hydroxylation sites is 2. The van der Waals surface area contributed by atoms with E-state index in [1.165, 1.54) is 98.9 Å². The molecule has 9 aromatic carbocycles. The van der Waals surface area contributed by atoms with Gasteiger partial charge in [0.2, 0.25) is 0 Å². The lowest BCUT2D eigenvalue weighted by Crippen LogP contribution is -2.16. The van der Waals surface area contributed by atoms with Crippen LogP contribution in [0, 0.1) is 0 Å². The van der Waals surface area contributed by atoms with Gasteiger partial charge in [-0.2, -0.15) is 0 Å². The van der Waals surface area contributed by atoms with Crippen molar-refractivity contribution in [2.75, 3.05) is 0 Å². The van der Waals surface area contributed by atoms with E-state index in [0.29, 0.717) is 0 Å². The smallest absolute Gasteiger partial charge is 0.0972 e. The molecule has 3 aromatic heterocycles. The van der Waals surface area contributed by atoms with E-state index >= 15 is 0 Å². The van der Waals surface area contributed by atoms with Crippen LogP contribution >= 0.6 is 0 Å². The van der Waals surface area contributed by atoms with Crippen LogP contribution in [0.1, 0.15) is 49.9 Å². The fourth-order valence-electron chi connectivity index (χ4n) is 12.1. The van der Waals surface area contributed by atoms with Crippen LogP contribution in [0.5, 0.6) is 0 Å². The minimum absolute atomic E-state index is 0.170. The molecule has 0 fully saturated rings. The molecule has 0 aliphatic heterocycles. The van der Waals surface area contributed by atoms with Crippen molar-refractivity contribution in [3.8, 4) is 33.6 Å². The number of aromatic nitrogens is 4. The predicted molar refractivity (Wildman–Crippen MR) is 258 cm³/mol. The van der Waals surface area contributed by atoms with Gasteiger partial charge in [0.15, 0.2) is 0 Å². The van der Waals surface area contributed by atoms with Gasteiger partial charge in [0.05, 0.1) is 33.1 Å². The fourth-order valence-corrected chi connectivity index (χ4v) is 12.1. The van der Waals surface area contributed by atoms with Crippen LogP contribution in [-0.2, 0) is 10.8 Å². The standard InChI is InChI=1S/C58H40N4/c1-57(2)47-17-9-5-13-37(47)41-25-27-43-39-15-7-11-19-49(39)61(55(43)51(41)57)33-21-23-35-36-24-22-34(32-46(36)54-53(45(35)31-33)59-29-30-60-54)62-50-20-12-8-16-40(50)44-28-26-42-38-14-6-10-18-48(38)58(3,4)52(42)56(44)62/h5-32H,1-4H3. The SMILES string of the molecule is CC1(C)c2ccccc2-c2ccc3c4ccccc4n(-c4ccc5c6ccc(-n7c8ccccc8c8ccc9c(c87)C(C)(C)c7ccccc7-9)cc6c6nccnc6c5c4)c3c21. The molecule has 0 saturated heterocycles. The molecule has 2 aliphatic rings. The Morgan fingerprint density at radius 2 is 0.758 bits per heavy atom. The zero-order chi connectivity index (χ0) is 41.2. The molecule has 14 rings (SSSR count). The van der Waals surface area contributed by atoms with Crippen molar-refractivity contribution >= 4 is 76.2 Å². The number of rotatable bonds is 2. The van der Waals surface area contributed by atoms with Crippen LogP contribution in [0.4, 0.5) is 0 Å². The van der Waals surface area contributed by atoms with Crippen molar-refractivity contribution in [2.24, 2.45) is 0 Å². The van der Waals surface area contributed by atoms with Gasteiger partial charge in [0.1, 0.15) is 0 Å². The summed E-state index contributed by atoms with van der Waals surface area (Å²) >= 11 is 0. The maximum atomic E-state index is 5.12. The minimum atomic E-state index is -0.170. The summed E-state index contributed by atoms with van der Waals surface area (Å²) in [6.45, 7) is 9.54. The van der Waals surface area contributed by atoms with E-state index in [-0.39, 0.29) is 10.8 Å². The molecule has 0 atom stereocenters. The van der Waals surface area contributed by atoms with E-state index in [0.717, 1.165) is 33.2 Å². The highest BCUT2D eigenvalue weighted by molar-refractivity contribution is 6.24. The molecule has 0 N–H and O–H groups in total. The second kappa shape index (κ2) is 11.6. The second-order valence-corrected chi connectivity index (χ2v) is 18.5. The van der Waals surface area contributed by atoms with Gasteiger partial charge in [-0.05, 0) is 91.7 Å². The Bertz CT molecular complexity index is 3710.